The fourth-order valence-electron chi connectivity index (χ4n) is 2.00. The average molecular weight is 282 g/mol. The number of aliphatic carboxylic acids is 1. The van der Waals surface area contributed by atoms with Crippen molar-refractivity contribution in [2.45, 2.75) is 32.2 Å². The number of nitrogens with one attached hydrogen (secondary N) is 1. The van der Waals surface area contributed by atoms with Gasteiger partial charge in [-0.2, -0.15) is 0 Å². The van der Waals surface area contributed by atoms with Crippen molar-refractivity contribution in [2.75, 3.05) is 0 Å². The van der Waals surface area contributed by atoms with E-state index in [-0.39, 0.29) is 5.91 Å². The summed E-state index contributed by atoms with van der Waals surface area (Å²) in [6.07, 6.45) is 2.60. The van der Waals surface area contributed by atoms with Crippen LogP contribution in [0.25, 0.3) is 0 Å². The van der Waals surface area contributed by atoms with Gasteiger partial charge in [-0.1, -0.05) is 30.5 Å². The highest BCUT2D eigenvalue weighted by Gasteiger charge is 2.30. The van der Waals surface area contributed by atoms with E-state index in [1.165, 1.54) is 0 Å². The molecule has 102 valence electrons. The number of carboxylic acid groups (broad SMARTS) is 1. The van der Waals surface area contributed by atoms with Crippen molar-refractivity contribution in [2.24, 2.45) is 5.92 Å². The number of amides is 1. The van der Waals surface area contributed by atoms with Crippen LogP contribution < -0.4 is 5.32 Å². The summed E-state index contributed by atoms with van der Waals surface area (Å²) in [6.45, 7) is 1.74. The van der Waals surface area contributed by atoms with E-state index < -0.39 is 12.0 Å². The first-order valence-corrected chi connectivity index (χ1v) is 6.65. The van der Waals surface area contributed by atoms with Gasteiger partial charge >= 0.3 is 5.97 Å². The molecule has 0 radical (unpaired) electrons. The molecule has 1 fully saturated rings. The Morgan fingerprint density at radius 1 is 1.47 bits per heavy atom. The maximum Gasteiger partial charge on any atom is 0.326 e. The van der Waals surface area contributed by atoms with Crippen LogP contribution >= 0.6 is 11.6 Å². The third kappa shape index (κ3) is 3.47. The third-order valence-electron chi connectivity index (χ3n) is 3.38. The molecule has 0 aliphatic heterocycles. The number of carbonyl (C=O) groups is 2. The number of hydrogen-bond donors (Lipinski definition) is 2. The Balaban J connectivity index is 2.09. The summed E-state index contributed by atoms with van der Waals surface area (Å²) < 4.78 is 0. The average Bonchev–Trinajstić information content (AvgIpc) is 3.15. The van der Waals surface area contributed by atoms with E-state index in [4.69, 9.17) is 16.7 Å². The summed E-state index contributed by atoms with van der Waals surface area (Å²) in [7, 11) is 0. The minimum absolute atomic E-state index is 0.381. The zero-order chi connectivity index (χ0) is 14.0. The topological polar surface area (TPSA) is 66.4 Å². The number of halogens is 1. The van der Waals surface area contributed by atoms with Crippen LogP contribution in [-0.4, -0.2) is 23.0 Å². The Kier molecular flexibility index (Phi) is 4.10. The van der Waals surface area contributed by atoms with E-state index in [0.717, 1.165) is 12.8 Å². The fraction of sp³-hybridized carbons (Fsp3) is 0.429. The standard InChI is InChI=1S/C14H16ClNO3/c1-8-10(3-2-4-11(8)15)13(17)16-12(14(18)19)7-9-5-6-9/h2-4,9,12H,5-7H2,1H3,(H,16,17)(H,18,19). The molecule has 4 nitrogen and oxygen atoms in total. The van der Waals surface area contributed by atoms with Gasteiger partial charge in [0.15, 0.2) is 0 Å². The van der Waals surface area contributed by atoms with Crippen molar-refractivity contribution in [3.63, 3.8) is 0 Å². The third-order valence-corrected chi connectivity index (χ3v) is 3.79. The second-order valence-corrected chi connectivity index (χ2v) is 5.36. The van der Waals surface area contributed by atoms with Crippen LogP contribution in [0.5, 0.6) is 0 Å². The molecule has 0 spiro atoms. The van der Waals surface area contributed by atoms with Gasteiger partial charge in [0.1, 0.15) is 6.04 Å². The van der Waals surface area contributed by atoms with Crippen molar-refractivity contribution in [3.05, 3.63) is 34.3 Å². The zero-order valence-electron chi connectivity index (χ0n) is 10.6. The fourth-order valence-corrected chi connectivity index (χ4v) is 2.17. The summed E-state index contributed by atoms with van der Waals surface area (Å²) in [5.41, 5.74) is 1.09. The van der Waals surface area contributed by atoms with Crippen molar-refractivity contribution in [3.8, 4) is 0 Å². The van der Waals surface area contributed by atoms with Crippen molar-refractivity contribution in [1.29, 1.82) is 0 Å². The van der Waals surface area contributed by atoms with Crippen LogP contribution in [0.4, 0.5) is 0 Å². The molecular formula is C14H16ClNO3. The van der Waals surface area contributed by atoms with Gasteiger partial charge in [-0.25, -0.2) is 4.79 Å². The molecule has 1 unspecified atom stereocenters. The normalized spacial score (nSPS) is 15.9. The first-order chi connectivity index (χ1) is 8.99. The zero-order valence-corrected chi connectivity index (χ0v) is 11.4. The molecule has 0 heterocycles. The second kappa shape index (κ2) is 5.61. The number of benzene rings is 1. The number of carboxylic acids is 1. The van der Waals surface area contributed by atoms with E-state index in [0.29, 0.717) is 28.5 Å². The molecule has 1 saturated carbocycles. The molecule has 19 heavy (non-hydrogen) atoms. The highest BCUT2D eigenvalue weighted by atomic mass is 35.5. The largest absolute Gasteiger partial charge is 0.480 e. The monoisotopic (exact) mass is 281 g/mol. The highest BCUT2D eigenvalue weighted by Crippen LogP contribution is 2.33. The summed E-state index contributed by atoms with van der Waals surface area (Å²) in [4.78, 5) is 23.2. The molecule has 2 rings (SSSR count). The predicted octanol–water partition coefficient (Wildman–Crippen LogP) is 2.63. The number of rotatable bonds is 5. The van der Waals surface area contributed by atoms with Gasteiger partial charge in [0.05, 0.1) is 0 Å². The van der Waals surface area contributed by atoms with Crippen molar-refractivity contribution < 1.29 is 14.7 Å². The molecule has 2 N–H and O–H groups in total. The van der Waals surface area contributed by atoms with Gasteiger partial charge in [-0.3, -0.25) is 4.79 Å². The van der Waals surface area contributed by atoms with Crippen LogP contribution in [0.15, 0.2) is 18.2 Å². The molecule has 1 aliphatic carbocycles. The quantitative estimate of drug-likeness (QED) is 0.872. The maximum atomic E-state index is 12.1. The van der Waals surface area contributed by atoms with E-state index in [1.54, 1.807) is 25.1 Å². The van der Waals surface area contributed by atoms with Crippen LogP contribution in [0, 0.1) is 12.8 Å². The van der Waals surface area contributed by atoms with Gasteiger partial charge in [-0.05, 0) is 37.0 Å². The SMILES string of the molecule is Cc1c(Cl)cccc1C(=O)NC(CC1CC1)C(=O)O. The summed E-state index contributed by atoms with van der Waals surface area (Å²) in [5, 5.41) is 12.2. The van der Waals surface area contributed by atoms with E-state index >= 15 is 0 Å². The minimum Gasteiger partial charge on any atom is -0.480 e. The molecule has 1 amide bonds. The smallest absolute Gasteiger partial charge is 0.326 e. The second-order valence-electron chi connectivity index (χ2n) is 4.96. The van der Waals surface area contributed by atoms with Crippen LogP contribution in [-0.2, 0) is 4.79 Å². The van der Waals surface area contributed by atoms with Crippen LogP contribution in [0.2, 0.25) is 5.02 Å². The molecule has 0 saturated heterocycles. The molecule has 5 heteroatoms. The molecule has 0 aromatic heterocycles. The van der Waals surface area contributed by atoms with Gasteiger partial charge in [0, 0.05) is 10.6 Å². The van der Waals surface area contributed by atoms with Gasteiger partial charge in [-0.15, -0.1) is 0 Å². The Labute approximate surface area is 116 Å². The molecule has 1 aromatic rings. The van der Waals surface area contributed by atoms with Crippen molar-refractivity contribution >= 4 is 23.5 Å². The lowest BCUT2D eigenvalue weighted by Gasteiger charge is -2.15. The molecule has 1 aromatic carbocycles. The summed E-state index contributed by atoms with van der Waals surface area (Å²) in [5.74, 6) is -0.935. The van der Waals surface area contributed by atoms with Crippen LogP contribution in [0.1, 0.15) is 35.2 Å². The molecule has 1 aliphatic rings. The van der Waals surface area contributed by atoms with Crippen molar-refractivity contribution in [1.82, 2.24) is 5.32 Å². The lowest BCUT2D eigenvalue weighted by Crippen LogP contribution is -2.41. The molecule has 1 atom stereocenters. The van der Waals surface area contributed by atoms with E-state index in [2.05, 4.69) is 5.32 Å². The Bertz CT molecular complexity index is 511. The number of hydrogen-bond acceptors (Lipinski definition) is 2. The summed E-state index contributed by atoms with van der Waals surface area (Å²) >= 11 is 5.96. The Morgan fingerprint density at radius 2 is 2.16 bits per heavy atom. The predicted molar refractivity (Wildman–Crippen MR) is 72.4 cm³/mol. The summed E-state index contributed by atoms with van der Waals surface area (Å²) in [6, 6.07) is 4.21. The van der Waals surface area contributed by atoms with Gasteiger partial charge < -0.3 is 10.4 Å². The van der Waals surface area contributed by atoms with Gasteiger partial charge in [0.2, 0.25) is 0 Å². The van der Waals surface area contributed by atoms with Gasteiger partial charge in [0.25, 0.3) is 5.91 Å². The molecular weight excluding hydrogens is 266 g/mol. The van der Waals surface area contributed by atoms with E-state index in [1.807, 2.05) is 0 Å². The molecule has 0 bridgehead atoms. The Hall–Kier alpha value is -1.55. The first kappa shape index (κ1) is 13.9. The van der Waals surface area contributed by atoms with E-state index in [9.17, 15) is 9.59 Å². The van der Waals surface area contributed by atoms with Crippen LogP contribution in [0.3, 0.4) is 0 Å². The maximum absolute atomic E-state index is 12.1. The lowest BCUT2D eigenvalue weighted by atomic mass is 10.1. The Morgan fingerprint density at radius 3 is 2.74 bits per heavy atom. The minimum atomic E-state index is -0.986. The number of carbonyl (C=O) groups excluding carboxylic acids is 1. The highest BCUT2D eigenvalue weighted by molar-refractivity contribution is 6.31. The lowest BCUT2D eigenvalue weighted by molar-refractivity contribution is -0.139. The first-order valence-electron chi connectivity index (χ1n) is 6.28.